The van der Waals surface area contributed by atoms with Gasteiger partial charge in [-0.1, -0.05) is 19.9 Å². The van der Waals surface area contributed by atoms with E-state index >= 15 is 0 Å². The summed E-state index contributed by atoms with van der Waals surface area (Å²) in [5.41, 5.74) is 0. The standard InChI is InChI=1S/C19H34N4S/c1-4-20-19(22-13-18-8-7-11-24-18)21-9-5-6-10-23-14-16(2)12-17(3)15-23/h7-8,11,16-17H,4-6,9-10,12-15H2,1-3H3,(H2,20,21,22). The van der Waals surface area contributed by atoms with E-state index in [0.717, 1.165) is 37.4 Å². The maximum Gasteiger partial charge on any atom is 0.191 e. The molecule has 2 unspecified atom stereocenters. The predicted octanol–water partition coefficient (Wildman–Crippen LogP) is 3.56. The third-order valence-electron chi connectivity index (χ3n) is 4.46. The minimum Gasteiger partial charge on any atom is -0.357 e. The summed E-state index contributed by atoms with van der Waals surface area (Å²) in [4.78, 5) is 8.61. The molecule has 24 heavy (non-hydrogen) atoms. The fourth-order valence-electron chi connectivity index (χ4n) is 3.54. The second-order valence-electron chi connectivity index (χ2n) is 7.11. The third kappa shape index (κ3) is 7.22. The quantitative estimate of drug-likeness (QED) is 0.428. The average Bonchev–Trinajstić information content (AvgIpc) is 3.04. The number of guanidine groups is 1. The van der Waals surface area contributed by atoms with Crippen molar-refractivity contribution in [1.29, 1.82) is 0 Å². The van der Waals surface area contributed by atoms with Crippen LogP contribution in [0.5, 0.6) is 0 Å². The largest absolute Gasteiger partial charge is 0.357 e. The number of unbranched alkanes of at least 4 members (excludes halogenated alkanes) is 1. The highest BCUT2D eigenvalue weighted by molar-refractivity contribution is 7.09. The normalized spacial score (nSPS) is 22.5. The van der Waals surface area contributed by atoms with Crippen molar-refractivity contribution in [1.82, 2.24) is 15.5 Å². The minimum absolute atomic E-state index is 0.760. The Morgan fingerprint density at radius 2 is 2.04 bits per heavy atom. The molecule has 1 aromatic rings. The molecule has 0 spiro atoms. The van der Waals surface area contributed by atoms with E-state index in [-0.39, 0.29) is 0 Å². The Kier molecular flexibility index (Phi) is 8.60. The smallest absolute Gasteiger partial charge is 0.191 e. The van der Waals surface area contributed by atoms with Crippen molar-refractivity contribution >= 4 is 17.3 Å². The highest BCUT2D eigenvalue weighted by atomic mass is 32.1. The van der Waals surface area contributed by atoms with Crippen LogP contribution in [-0.2, 0) is 6.54 Å². The van der Waals surface area contributed by atoms with Gasteiger partial charge in [0.05, 0.1) is 6.54 Å². The van der Waals surface area contributed by atoms with Gasteiger partial charge in [0.2, 0.25) is 0 Å². The van der Waals surface area contributed by atoms with Crippen LogP contribution in [0.4, 0.5) is 0 Å². The molecular weight excluding hydrogens is 316 g/mol. The summed E-state index contributed by atoms with van der Waals surface area (Å²) in [6.07, 6.45) is 3.85. The van der Waals surface area contributed by atoms with Crippen molar-refractivity contribution in [2.45, 2.75) is 46.6 Å². The molecule has 0 bridgehead atoms. The summed E-state index contributed by atoms with van der Waals surface area (Å²) in [6.45, 7) is 13.3. The Balaban J connectivity index is 1.62. The van der Waals surface area contributed by atoms with Crippen LogP contribution in [0.3, 0.4) is 0 Å². The molecule has 1 aromatic heterocycles. The maximum atomic E-state index is 4.66. The molecule has 0 aromatic carbocycles. The van der Waals surface area contributed by atoms with Gasteiger partial charge in [0, 0.05) is 31.1 Å². The van der Waals surface area contributed by atoms with Gasteiger partial charge >= 0.3 is 0 Å². The number of aliphatic imine (C=N–C) groups is 1. The molecular formula is C19H34N4S. The van der Waals surface area contributed by atoms with Crippen LogP contribution < -0.4 is 10.6 Å². The fourth-order valence-corrected chi connectivity index (χ4v) is 4.17. The Morgan fingerprint density at radius 1 is 1.25 bits per heavy atom. The lowest BCUT2D eigenvalue weighted by Gasteiger charge is -2.34. The summed E-state index contributed by atoms with van der Waals surface area (Å²) >= 11 is 1.76. The van der Waals surface area contributed by atoms with E-state index in [0.29, 0.717) is 0 Å². The number of nitrogens with one attached hydrogen (secondary N) is 2. The number of piperidine rings is 1. The van der Waals surface area contributed by atoms with Crippen molar-refractivity contribution in [2.24, 2.45) is 16.8 Å². The number of likely N-dealkylation sites (tertiary alicyclic amines) is 1. The van der Waals surface area contributed by atoms with Crippen LogP contribution >= 0.6 is 11.3 Å². The van der Waals surface area contributed by atoms with Crippen molar-refractivity contribution in [3.63, 3.8) is 0 Å². The van der Waals surface area contributed by atoms with E-state index in [1.165, 1.54) is 43.8 Å². The SMILES string of the molecule is CCNC(=NCc1cccs1)NCCCCN1CC(C)CC(C)C1. The molecule has 136 valence electrons. The van der Waals surface area contributed by atoms with Gasteiger partial charge in [-0.25, -0.2) is 4.99 Å². The molecule has 2 N–H and O–H groups in total. The lowest BCUT2D eigenvalue weighted by atomic mass is 9.92. The van der Waals surface area contributed by atoms with Gasteiger partial charge < -0.3 is 15.5 Å². The molecule has 1 fully saturated rings. The Labute approximate surface area is 151 Å². The fraction of sp³-hybridized carbons (Fsp3) is 0.737. The van der Waals surface area contributed by atoms with E-state index in [2.05, 4.69) is 58.8 Å². The number of hydrogen-bond acceptors (Lipinski definition) is 3. The molecule has 0 amide bonds. The number of rotatable bonds is 8. The van der Waals surface area contributed by atoms with E-state index in [1.807, 2.05) is 0 Å². The first-order chi connectivity index (χ1) is 11.7. The summed E-state index contributed by atoms with van der Waals surface area (Å²) in [5.74, 6) is 2.65. The number of hydrogen-bond donors (Lipinski definition) is 2. The first kappa shape index (κ1) is 19.3. The van der Waals surface area contributed by atoms with Crippen LogP contribution in [0.15, 0.2) is 22.5 Å². The van der Waals surface area contributed by atoms with Gasteiger partial charge in [0.25, 0.3) is 0 Å². The highest BCUT2D eigenvalue weighted by Crippen LogP contribution is 2.20. The topological polar surface area (TPSA) is 39.7 Å². The first-order valence-corrected chi connectivity index (χ1v) is 10.3. The van der Waals surface area contributed by atoms with E-state index in [9.17, 15) is 0 Å². The molecule has 1 aliphatic rings. The minimum atomic E-state index is 0.760. The summed E-state index contributed by atoms with van der Waals surface area (Å²) in [6, 6.07) is 4.22. The third-order valence-corrected chi connectivity index (χ3v) is 5.32. The van der Waals surface area contributed by atoms with E-state index < -0.39 is 0 Å². The van der Waals surface area contributed by atoms with Crippen LogP contribution in [0, 0.1) is 11.8 Å². The van der Waals surface area contributed by atoms with Gasteiger partial charge in [0.1, 0.15) is 0 Å². The zero-order chi connectivity index (χ0) is 17.2. The van der Waals surface area contributed by atoms with Crippen LogP contribution in [-0.4, -0.2) is 43.6 Å². The summed E-state index contributed by atoms with van der Waals surface area (Å²) in [7, 11) is 0. The molecule has 1 aliphatic heterocycles. The zero-order valence-electron chi connectivity index (χ0n) is 15.6. The monoisotopic (exact) mass is 350 g/mol. The molecule has 1 saturated heterocycles. The van der Waals surface area contributed by atoms with Gasteiger partial charge in [-0.15, -0.1) is 11.3 Å². The van der Waals surface area contributed by atoms with Crippen LogP contribution in [0.2, 0.25) is 0 Å². The first-order valence-electron chi connectivity index (χ1n) is 9.44. The summed E-state index contributed by atoms with van der Waals surface area (Å²) in [5, 5.41) is 8.90. The molecule has 0 radical (unpaired) electrons. The Bertz CT molecular complexity index is 462. The van der Waals surface area contributed by atoms with Crippen LogP contribution in [0.1, 0.15) is 44.9 Å². The molecule has 5 heteroatoms. The molecule has 0 saturated carbocycles. The van der Waals surface area contributed by atoms with Gasteiger partial charge in [-0.3, -0.25) is 0 Å². The Hall–Kier alpha value is -1.07. The highest BCUT2D eigenvalue weighted by Gasteiger charge is 2.20. The molecule has 0 aliphatic carbocycles. The van der Waals surface area contributed by atoms with E-state index in [1.54, 1.807) is 11.3 Å². The number of thiophene rings is 1. The van der Waals surface area contributed by atoms with Crippen LogP contribution in [0.25, 0.3) is 0 Å². The van der Waals surface area contributed by atoms with Gasteiger partial charge in [-0.05, 0) is 56.0 Å². The zero-order valence-corrected chi connectivity index (χ0v) is 16.4. The maximum absolute atomic E-state index is 4.66. The second kappa shape index (κ2) is 10.7. The van der Waals surface area contributed by atoms with Crippen molar-refractivity contribution in [2.75, 3.05) is 32.7 Å². The summed E-state index contributed by atoms with van der Waals surface area (Å²) < 4.78 is 0. The lowest BCUT2D eigenvalue weighted by Crippen LogP contribution is -2.40. The van der Waals surface area contributed by atoms with Crippen molar-refractivity contribution < 1.29 is 0 Å². The predicted molar refractivity (Wildman–Crippen MR) is 106 cm³/mol. The Morgan fingerprint density at radius 3 is 2.71 bits per heavy atom. The molecule has 2 rings (SSSR count). The van der Waals surface area contributed by atoms with Gasteiger partial charge in [0.15, 0.2) is 5.96 Å². The van der Waals surface area contributed by atoms with Crippen molar-refractivity contribution in [3.05, 3.63) is 22.4 Å². The van der Waals surface area contributed by atoms with Gasteiger partial charge in [-0.2, -0.15) is 0 Å². The number of nitrogens with zero attached hydrogens (tertiary/aromatic N) is 2. The molecule has 2 atom stereocenters. The van der Waals surface area contributed by atoms with E-state index in [4.69, 9.17) is 0 Å². The second-order valence-corrected chi connectivity index (χ2v) is 8.15. The lowest BCUT2D eigenvalue weighted by molar-refractivity contribution is 0.139. The van der Waals surface area contributed by atoms with Crippen molar-refractivity contribution in [3.8, 4) is 0 Å². The average molecular weight is 351 g/mol. The molecule has 2 heterocycles. The molecule has 4 nitrogen and oxygen atoms in total.